The number of nitrogens with one attached hydrogen (secondary N) is 1. The van der Waals surface area contributed by atoms with Crippen molar-refractivity contribution >= 4 is 18.1 Å². The van der Waals surface area contributed by atoms with Crippen molar-refractivity contribution in [3.8, 4) is 11.4 Å². The van der Waals surface area contributed by atoms with E-state index in [-0.39, 0.29) is 5.91 Å². The van der Waals surface area contributed by atoms with Crippen LogP contribution in [0.15, 0.2) is 24.3 Å². The summed E-state index contributed by atoms with van der Waals surface area (Å²) in [4.78, 5) is 14.7. The molecule has 2 heterocycles. The molecule has 1 saturated heterocycles. The molecule has 2 fully saturated rings. The largest absolute Gasteiger partial charge is 0.342 e. The highest BCUT2D eigenvalue weighted by atomic mass is 32.1. The van der Waals surface area contributed by atoms with Crippen LogP contribution in [0.5, 0.6) is 0 Å². The van der Waals surface area contributed by atoms with E-state index >= 15 is 0 Å². The molecule has 1 aromatic carbocycles. The van der Waals surface area contributed by atoms with Crippen molar-refractivity contribution in [2.45, 2.75) is 39.2 Å². The smallest absolute Gasteiger partial charge is 0.224 e. The van der Waals surface area contributed by atoms with E-state index < -0.39 is 0 Å². The van der Waals surface area contributed by atoms with E-state index in [1.807, 2.05) is 16.7 Å². The Bertz CT molecular complexity index is 811. The Hall–Kier alpha value is -1.95. The minimum absolute atomic E-state index is 0.243. The van der Waals surface area contributed by atoms with Crippen molar-refractivity contribution in [2.75, 3.05) is 13.1 Å². The molecule has 1 aliphatic heterocycles. The Kier molecular flexibility index (Phi) is 4.46. The van der Waals surface area contributed by atoms with Gasteiger partial charge < -0.3 is 4.90 Å². The predicted molar refractivity (Wildman–Crippen MR) is 99.6 cm³/mol. The van der Waals surface area contributed by atoms with Gasteiger partial charge in [-0.1, -0.05) is 36.2 Å². The summed E-state index contributed by atoms with van der Waals surface area (Å²) in [6.07, 6.45) is 4.39. The van der Waals surface area contributed by atoms with Crippen LogP contribution < -0.4 is 0 Å². The van der Waals surface area contributed by atoms with E-state index in [1.54, 1.807) is 0 Å². The molecule has 2 aliphatic rings. The van der Waals surface area contributed by atoms with E-state index in [0.717, 1.165) is 36.3 Å². The molecular weight excluding hydrogens is 332 g/mol. The van der Waals surface area contributed by atoms with E-state index in [1.165, 1.54) is 24.8 Å². The highest BCUT2D eigenvalue weighted by Gasteiger charge is 2.37. The molecule has 1 aromatic heterocycles. The monoisotopic (exact) mass is 356 g/mol. The summed E-state index contributed by atoms with van der Waals surface area (Å²) in [6.45, 7) is 4.53. The molecule has 1 saturated carbocycles. The Morgan fingerprint density at radius 2 is 1.92 bits per heavy atom. The van der Waals surface area contributed by atoms with E-state index in [9.17, 15) is 4.79 Å². The fraction of sp³-hybridized carbons (Fsp3) is 0.526. The molecule has 0 spiro atoms. The Morgan fingerprint density at radius 3 is 2.60 bits per heavy atom. The minimum Gasteiger partial charge on any atom is -0.342 e. The molecule has 1 N–H and O–H groups in total. The second-order valence-electron chi connectivity index (χ2n) is 7.37. The molecule has 25 heavy (non-hydrogen) atoms. The fourth-order valence-corrected chi connectivity index (χ4v) is 4.48. The van der Waals surface area contributed by atoms with Crippen molar-refractivity contribution in [1.82, 2.24) is 19.7 Å². The summed E-state index contributed by atoms with van der Waals surface area (Å²) >= 11 is 5.37. The maximum absolute atomic E-state index is 12.6. The number of carbonyl (C=O) groups excluding carboxylic acids is 1. The molecule has 1 amide bonds. The van der Waals surface area contributed by atoms with Crippen LogP contribution in [0, 0.1) is 23.5 Å². The van der Waals surface area contributed by atoms with Gasteiger partial charge in [-0.2, -0.15) is 5.10 Å². The normalized spacial score (nSPS) is 22.4. The third-order valence-electron chi connectivity index (χ3n) is 5.70. The van der Waals surface area contributed by atoms with Crippen LogP contribution in [0.4, 0.5) is 0 Å². The van der Waals surface area contributed by atoms with Gasteiger partial charge in [0.25, 0.3) is 0 Å². The number of hydrogen-bond acceptors (Lipinski definition) is 3. The molecule has 0 radical (unpaired) electrons. The van der Waals surface area contributed by atoms with Crippen LogP contribution in [0.25, 0.3) is 11.4 Å². The van der Waals surface area contributed by atoms with Crippen LogP contribution in [-0.4, -0.2) is 38.7 Å². The third-order valence-corrected chi connectivity index (χ3v) is 6.01. The minimum atomic E-state index is 0.243. The number of H-pyrrole nitrogens is 1. The number of hydrogen-bond donors (Lipinski definition) is 1. The van der Waals surface area contributed by atoms with Crippen LogP contribution in [0.3, 0.4) is 0 Å². The second kappa shape index (κ2) is 6.75. The SMILES string of the molecule is Cc1ccc(-c2n[nH]c(=S)n2CCC(=O)N2C[C@@H]3CCC[C@H]3C2)cc1. The summed E-state index contributed by atoms with van der Waals surface area (Å²) in [7, 11) is 0. The summed E-state index contributed by atoms with van der Waals surface area (Å²) in [5.41, 5.74) is 2.22. The van der Waals surface area contributed by atoms with Gasteiger partial charge in [-0.3, -0.25) is 14.5 Å². The number of rotatable bonds is 4. The highest BCUT2D eigenvalue weighted by molar-refractivity contribution is 7.71. The zero-order valence-electron chi connectivity index (χ0n) is 14.6. The summed E-state index contributed by atoms with van der Waals surface area (Å²) < 4.78 is 2.51. The molecule has 2 aromatic rings. The standard InChI is InChI=1S/C19H24N4OS/c1-13-5-7-14(8-6-13)18-20-21-19(25)23(18)10-9-17(24)22-11-15-3-2-4-16(15)12-22/h5-8,15-16H,2-4,9-12H2,1H3,(H,21,25)/t15-,16-/m0/s1. The van der Waals surface area contributed by atoms with Crippen LogP contribution in [0.2, 0.25) is 0 Å². The van der Waals surface area contributed by atoms with E-state index in [0.29, 0.717) is 17.7 Å². The van der Waals surface area contributed by atoms with Gasteiger partial charge in [0.05, 0.1) is 0 Å². The Labute approximate surface area is 153 Å². The first kappa shape index (κ1) is 16.5. The average Bonchev–Trinajstić information content (AvgIpc) is 3.28. The molecule has 4 rings (SSSR count). The lowest BCUT2D eigenvalue weighted by Gasteiger charge is -2.17. The van der Waals surface area contributed by atoms with Gasteiger partial charge >= 0.3 is 0 Å². The molecule has 6 heteroatoms. The van der Waals surface area contributed by atoms with Crippen LogP contribution in [0.1, 0.15) is 31.2 Å². The summed E-state index contributed by atoms with van der Waals surface area (Å²) in [5, 5.41) is 7.23. The quantitative estimate of drug-likeness (QED) is 0.852. The van der Waals surface area contributed by atoms with Gasteiger partial charge in [0.1, 0.15) is 0 Å². The number of aryl methyl sites for hydroxylation is 1. The molecule has 0 unspecified atom stereocenters. The highest BCUT2D eigenvalue weighted by Crippen LogP contribution is 2.37. The van der Waals surface area contributed by atoms with Gasteiger partial charge in [0.15, 0.2) is 10.6 Å². The lowest BCUT2D eigenvalue weighted by atomic mass is 10.0. The molecular formula is C19H24N4OS. The Balaban J connectivity index is 1.44. The van der Waals surface area contributed by atoms with Gasteiger partial charge in [0, 0.05) is 31.6 Å². The maximum Gasteiger partial charge on any atom is 0.224 e. The summed E-state index contributed by atoms with van der Waals surface area (Å²) in [5.74, 6) is 2.52. The van der Waals surface area contributed by atoms with Crippen LogP contribution >= 0.6 is 12.2 Å². The molecule has 2 atom stereocenters. The number of nitrogens with zero attached hydrogens (tertiary/aromatic N) is 3. The number of likely N-dealkylation sites (tertiary alicyclic amines) is 1. The third kappa shape index (κ3) is 3.27. The number of aromatic nitrogens is 3. The first-order valence-corrected chi connectivity index (χ1v) is 9.52. The van der Waals surface area contributed by atoms with E-state index in [4.69, 9.17) is 12.2 Å². The molecule has 0 bridgehead atoms. The van der Waals surface area contributed by atoms with E-state index in [2.05, 4.69) is 34.2 Å². The summed E-state index contributed by atoms with van der Waals surface area (Å²) in [6, 6.07) is 8.21. The van der Waals surface area contributed by atoms with Crippen molar-refractivity contribution in [3.63, 3.8) is 0 Å². The lowest BCUT2D eigenvalue weighted by Crippen LogP contribution is -2.30. The topological polar surface area (TPSA) is 53.9 Å². The fourth-order valence-electron chi connectivity index (χ4n) is 4.25. The first-order valence-electron chi connectivity index (χ1n) is 9.12. The van der Waals surface area contributed by atoms with Gasteiger partial charge in [-0.25, -0.2) is 0 Å². The van der Waals surface area contributed by atoms with Crippen LogP contribution in [-0.2, 0) is 11.3 Å². The number of aromatic amines is 1. The van der Waals surface area contributed by atoms with Crippen molar-refractivity contribution in [1.29, 1.82) is 0 Å². The number of carbonyl (C=O) groups is 1. The van der Waals surface area contributed by atoms with Crippen molar-refractivity contribution in [2.24, 2.45) is 11.8 Å². The zero-order valence-corrected chi connectivity index (χ0v) is 15.4. The average molecular weight is 356 g/mol. The van der Waals surface area contributed by atoms with Gasteiger partial charge in [0.2, 0.25) is 5.91 Å². The van der Waals surface area contributed by atoms with Crippen molar-refractivity contribution < 1.29 is 4.79 Å². The van der Waals surface area contributed by atoms with Crippen molar-refractivity contribution in [3.05, 3.63) is 34.6 Å². The first-order chi connectivity index (χ1) is 12.1. The molecule has 1 aliphatic carbocycles. The number of benzene rings is 1. The molecule has 5 nitrogen and oxygen atoms in total. The predicted octanol–water partition coefficient (Wildman–Crippen LogP) is 3.56. The second-order valence-corrected chi connectivity index (χ2v) is 7.76. The van der Waals surface area contributed by atoms with Gasteiger partial charge in [-0.15, -0.1) is 0 Å². The molecule has 132 valence electrons. The Morgan fingerprint density at radius 1 is 1.24 bits per heavy atom. The number of fused-ring (bicyclic) bond motifs is 1. The maximum atomic E-state index is 12.6. The lowest BCUT2D eigenvalue weighted by molar-refractivity contribution is -0.130. The number of amides is 1. The van der Waals surface area contributed by atoms with Gasteiger partial charge in [-0.05, 0) is 43.8 Å². The zero-order chi connectivity index (χ0) is 17.4.